The lowest BCUT2D eigenvalue weighted by Crippen LogP contribution is -2.50. The molecule has 0 aromatic carbocycles. The minimum Gasteiger partial charge on any atom is -0.382 e. The first kappa shape index (κ1) is 15.2. The second kappa shape index (κ2) is 7.46. The molecule has 0 saturated heterocycles. The second-order valence-electron chi connectivity index (χ2n) is 4.44. The summed E-state index contributed by atoms with van der Waals surface area (Å²) in [6, 6.07) is -0.104. The summed E-state index contributed by atoms with van der Waals surface area (Å²) in [5.41, 5.74) is -0.175. The fourth-order valence-corrected chi connectivity index (χ4v) is 1.35. The van der Waals surface area contributed by atoms with Crippen LogP contribution in [-0.4, -0.2) is 50.1 Å². The van der Waals surface area contributed by atoms with Crippen molar-refractivity contribution in [1.82, 2.24) is 10.2 Å². The maximum atomic E-state index is 11.8. The quantitative estimate of drug-likeness (QED) is 0.557. The average molecular weight is 232 g/mol. The number of rotatable bonds is 6. The molecule has 96 valence electrons. The molecule has 0 spiro atoms. The molecule has 0 unspecified atom stereocenters. The van der Waals surface area contributed by atoms with Crippen LogP contribution in [0.25, 0.3) is 0 Å². The minimum atomic E-state index is -0.175. The molecule has 0 aliphatic carbocycles. The molecule has 5 heteroatoms. The van der Waals surface area contributed by atoms with E-state index < -0.39 is 0 Å². The number of methoxy groups -OCH3 is 1. The van der Waals surface area contributed by atoms with Crippen molar-refractivity contribution in [3.63, 3.8) is 0 Å². The van der Waals surface area contributed by atoms with E-state index in [0.29, 0.717) is 19.8 Å². The molecule has 0 aliphatic heterocycles. The van der Waals surface area contributed by atoms with Gasteiger partial charge in [-0.2, -0.15) is 0 Å². The lowest BCUT2D eigenvalue weighted by Gasteiger charge is -2.34. The van der Waals surface area contributed by atoms with Gasteiger partial charge in [0.2, 0.25) is 0 Å². The molecule has 0 aromatic rings. The highest BCUT2D eigenvalue weighted by molar-refractivity contribution is 5.74. The van der Waals surface area contributed by atoms with Gasteiger partial charge in [-0.1, -0.05) is 0 Å². The Labute approximate surface area is 98.1 Å². The van der Waals surface area contributed by atoms with E-state index in [1.165, 1.54) is 0 Å². The number of ether oxygens (including phenoxy) is 2. The van der Waals surface area contributed by atoms with Gasteiger partial charge in [-0.25, -0.2) is 4.79 Å². The van der Waals surface area contributed by atoms with Gasteiger partial charge in [-0.15, -0.1) is 0 Å². The first-order valence-corrected chi connectivity index (χ1v) is 5.55. The highest BCUT2D eigenvalue weighted by Gasteiger charge is 2.24. The zero-order valence-corrected chi connectivity index (χ0v) is 11.0. The van der Waals surface area contributed by atoms with E-state index in [1.54, 1.807) is 12.0 Å². The van der Waals surface area contributed by atoms with E-state index in [9.17, 15) is 4.79 Å². The zero-order valence-electron chi connectivity index (χ0n) is 11.0. The molecule has 16 heavy (non-hydrogen) atoms. The number of hydrogen-bond donors (Lipinski definition) is 1. The smallest absolute Gasteiger partial charge is 0.319 e. The topological polar surface area (TPSA) is 50.8 Å². The first-order valence-electron chi connectivity index (χ1n) is 5.55. The summed E-state index contributed by atoms with van der Waals surface area (Å²) in [5, 5.41) is 2.71. The summed E-state index contributed by atoms with van der Waals surface area (Å²) < 4.78 is 9.99. The number of hydrogen-bond acceptors (Lipinski definition) is 3. The molecule has 0 radical (unpaired) electrons. The predicted molar refractivity (Wildman–Crippen MR) is 63.4 cm³/mol. The Kier molecular flexibility index (Phi) is 7.08. The van der Waals surface area contributed by atoms with Gasteiger partial charge >= 0.3 is 6.03 Å². The standard InChI is InChI=1S/C11H24N2O3/c1-6-13(11(2,3)4)10(14)12-9-16-8-7-15-5/h6-9H2,1-5H3,(H,12,14). The molecule has 0 saturated carbocycles. The van der Waals surface area contributed by atoms with Gasteiger partial charge < -0.3 is 19.7 Å². The Bertz CT molecular complexity index is 202. The van der Waals surface area contributed by atoms with E-state index in [-0.39, 0.29) is 18.3 Å². The number of nitrogens with one attached hydrogen (secondary N) is 1. The van der Waals surface area contributed by atoms with Crippen LogP contribution in [0.3, 0.4) is 0 Å². The van der Waals surface area contributed by atoms with E-state index in [1.807, 2.05) is 27.7 Å². The molecule has 5 nitrogen and oxygen atoms in total. The van der Waals surface area contributed by atoms with E-state index in [0.717, 1.165) is 0 Å². The van der Waals surface area contributed by atoms with E-state index >= 15 is 0 Å². The highest BCUT2D eigenvalue weighted by Crippen LogP contribution is 2.12. The predicted octanol–water partition coefficient (Wildman–Crippen LogP) is 1.44. The molecule has 1 N–H and O–H groups in total. The molecule has 2 amide bonds. The molecular weight excluding hydrogens is 208 g/mol. The van der Waals surface area contributed by atoms with Gasteiger partial charge in [-0.05, 0) is 27.7 Å². The Hall–Kier alpha value is -0.810. The van der Waals surface area contributed by atoms with E-state index in [2.05, 4.69) is 5.32 Å². The highest BCUT2D eigenvalue weighted by atomic mass is 16.5. The van der Waals surface area contributed by atoms with Crippen molar-refractivity contribution in [3.05, 3.63) is 0 Å². The lowest BCUT2D eigenvalue weighted by molar-refractivity contribution is 0.0587. The average Bonchev–Trinajstić information content (AvgIpc) is 2.16. The van der Waals surface area contributed by atoms with Gasteiger partial charge in [0.1, 0.15) is 6.73 Å². The van der Waals surface area contributed by atoms with Crippen molar-refractivity contribution < 1.29 is 14.3 Å². The largest absolute Gasteiger partial charge is 0.382 e. The minimum absolute atomic E-state index is 0.104. The molecule has 0 fully saturated rings. The van der Waals surface area contributed by atoms with Crippen LogP contribution in [0.5, 0.6) is 0 Å². The summed E-state index contributed by atoms with van der Waals surface area (Å²) in [5.74, 6) is 0. The van der Waals surface area contributed by atoms with E-state index in [4.69, 9.17) is 9.47 Å². The SMILES string of the molecule is CCN(C(=O)NCOCCOC)C(C)(C)C. The van der Waals surface area contributed by atoms with Crippen molar-refractivity contribution in [2.75, 3.05) is 33.6 Å². The van der Waals surface area contributed by atoms with Gasteiger partial charge in [0.05, 0.1) is 13.2 Å². The van der Waals surface area contributed by atoms with Crippen LogP contribution in [0.1, 0.15) is 27.7 Å². The van der Waals surface area contributed by atoms with Crippen molar-refractivity contribution in [2.24, 2.45) is 0 Å². The van der Waals surface area contributed by atoms with Crippen molar-refractivity contribution in [1.29, 1.82) is 0 Å². The van der Waals surface area contributed by atoms with Gasteiger partial charge in [0.25, 0.3) is 0 Å². The van der Waals surface area contributed by atoms with Crippen LogP contribution in [0, 0.1) is 0 Å². The number of amides is 2. The summed E-state index contributed by atoms with van der Waals surface area (Å²) in [7, 11) is 1.61. The first-order chi connectivity index (χ1) is 7.43. The third-order valence-electron chi connectivity index (χ3n) is 2.13. The summed E-state index contributed by atoms with van der Waals surface area (Å²) >= 11 is 0. The molecule has 0 bridgehead atoms. The van der Waals surface area contributed by atoms with Crippen molar-refractivity contribution in [3.8, 4) is 0 Å². The summed E-state index contributed by atoms with van der Waals surface area (Å²) in [4.78, 5) is 13.5. The lowest BCUT2D eigenvalue weighted by atomic mass is 10.1. The van der Waals surface area contributed by atoms with Crippen LogP contribution in [0.4, 0.5) is 4.79 Å². The number of nitrogens with zero attached hydrogens (tertiary/aromatic N) is 1. The van der Waals surface area contributed by atoms with Crippen molar-refractivity contribution in [2.45, 2.75) is 33.2 Å². The number of carbonyl (C=O) groups excluding carboxylic acids is 1. The van der Waals surface area contributed by atoms with Gasteiger partial charge in [0, 0.05) is 19.2 Å². The van der Waals surface area contributed by atoms with Crippen LogP contribution in [0.15, 0.2) is 0 Å². The third-order valence-corrected chi connectivity index (χ3v) is 2.13. The molecule has 0 aromatic heterocycles. The van der Waals surface area contributed by atoms with Crippen LogP contribution < -0.4 is 5.32 Å². The monoisotopic (exact) mass is 232 g/mol. The maximum Gasteiger partial charge on any atom is 0.319 e. The van der Waals surface area contributed by atoms with Crippen molar-refractivity contribution >= 4 is 6.03 Å². The Morgan fingerprint density at radius 3 is 2.38 bits per heavy atom. The molecule has 0 atom stereocenters. The maximum absolute atomic E-state index is 11.8. The molecule has 0 heterocycles. The number of urea groups is 1. The third kappa shape index (κ3) is 5.92. The van der Waals surface area contributed by atoms with Gasteiger partial charge in [-0.3, -0.25) is 0 Å². The van der Waals surface area contributed by atoms with Crippen LogP contribution in [-0.2, 0) is 9.47 Å². The fraction of sp³-hybridized carbons (Fsp3) is 0.909. The number of carbonyl (C=O) groups is 1. The summed E-state index contributed by atoms with van der Waals surface area (Å²) in [6.07, 6.45) is 0. The second-order valence-corrected chi connectivity index (χ2v) is 4.44. The normalized spacial score (nSPS) is 11.3. The summed E-state index contributed by atoms with van der Waals surface area (Å²) in [6.45, 7) is 9.87. The Balaban J connectivity index is 3.86. The van der Waals surface area contributed by atoms with Gasteiger partial charge in [0.15, 0.2) is 0 Å². The fourth-order valence-electron chi connectivity index (χ4n) is 1.35. The zero-order chi connectivity index (χ0) is 12.6. The van der Waals surface area contributed by atoms with Crippen LogP contribution >= 0.6 is 0 Å². The Morgan fingerprint density at radius 1 is 1.31 bits per heavy atom. The molecule has 0 aliphatic rings. The molecular formula is C11H24N2O3. The molecule has 0 rings (SSSR count). The Morgan fingerprint density at radius 2 is 1.94 bits per heavy atom. The van der Waals surface area contributed by atoms with Crippen LogP contribution in [0.2, 0.25) is 0 Å².